The first-order valence-electron chi connectivity index (χ1n) is 4.92. The van der Waals surface area contributed by atoms with Crippen LogP contribution in [0.15, 0.2) is 21.1 Å². The predicted molar refractivity (Wildman–Crippen MR) is 73.3 cm³/mol. The molecule has 1 aromatic carbocycles. The normalized spacial score (nSPS) is 9.69. The molecule has 0 radical (unpaired) electrons. The molecular weight excluding hydrogens is 334 g/mol. The van der Waals surface area contributed by atoms with Crippen molar-refractivity contribution in [1.82, 2.24) is 5.32 Å². The van der Waals surface area contributed by atoms with Gasteiger partial charge in [-0.3, -0.25) is 0 Å². The molecule has 0 atom stereocenters. The second-order valence-electron chi connectivity index (χ2n) is 3.26. The third-order valence-electron chi connectivity index (χ3n) is 2.01. The zero-order valence-corrected chi connectivity index (χ0v) is 12.2. The molecule has 0 fully saturated rings. The number of benzene rings is 1. The number of hydrogen-bond acceptors (Lipinski definition) is 2. The second kappa shape index (κ2) is 6.95. The van der Waals surface area contributed by atoms with Gasteiger partial charge in [0.1, 0.15) is 5.75 Å². The number of rotatable bonds is 4. The first kappa shape index (κ1) is 13.6. The van der Waals surface area contributed by atoms with Gasteiger partial charge in [-0.2, -0.15) is 0 Å². The molecule has 4 heteroatoms. The Balaban J connectivity index is 2.50. The molecule has 0 amide bonds. The maximum absolute atomic E-state index is 9.54. The van der Waals surface area contributed by atoms with E-state index in [0.717, 1.165) is 25.1 Å². The van der Waals surface area contributed by atoms with Crippen LogP contribution in [0.25, 0.3) is 0 Å². The Morgan fingerprint density at radius 3 is 2.50 bits per heavy atom. The highest BCUT2D eigenvalue weighted by atomic mass is 79.9. The van der Waals surface area contributed by atoms with Crippen molar-refractivity contribution in [3.63, 3.8) is 0 Å². The third kappa shape index (κ3) is 4.17. The summed E-state index contributed by atoms with van der Waals surface area (Å²) in [6, 6.07) is 3.80. The van der Waals surface area contributed by atoms with E-state index < -0.39 is 0 Å². The minimum Gasteiger partial charge on any atom is -0.506 e. The average molecular weight is 347 g/mol. The fourth-order valence-electron chi connectivity index (χ4n) is 1.23. The van der Waals surface area contributed by atoms with E-state index in [4.69, 9.17) is 0 Å². The molecule has 0 aliphatic heterocycles. The van der Waals surface area contributed by atoms with Crippen LogP contribution in [-0.2, 0) is 6.54 Å². The summed E-state index contributed by atoms with van der Waals surface area (Å²) in [5, 5.41) is 12.8. The lowest BCUT2D eigenvalue weighted by atomic mass is 10.2. The zero-order valence-electron chi connectivity index (χ0n) is 8.98. The van der Waals surface area contributed by atoms with Crippen molar-refractivity contribution in [3.05, 3.63) is 26.6 Å². The molecule has 2 N–H and O–H groups in total. The van der Waals surface area contributed by atoms with Crippen LogP contribution in [0, 0.1) is 11.8 Å². The Labute approximate surface area is 113 Å². The number of halogens is 2. The number of aromatic hydroxyl groups is 1. The van der Waals surface area contributed by atoms with E-state index in [1.807, 2.05) is 19.1 Å². The van der Waals surface area contributed by atoms with Crippen molar-refractivity contribution in [2.24, 2.45) is 0 Å². The van der Waals surface area contributed by atoms with Gasteiger partial charge in [0.15, 0.2) is 0 Å². The molecular formula is C12H13Br2NO. The van der Waals surface area contributed by atoms with Gasteiger partial charge in [-0.1, -0.05) is 0 Å². The average Bonchev–Trinajstić information content (AvgIpc) is 2.25. The van der Waals surface area contributed by atoms with E-state index in [1.54, 1.807) is 0 Å². The zero-order chi connectivity index (χ0) is 12.0. The molecule has 2 nitrogen and oxygen atoms in total. The molecule has 16 heavy (non-hydrogen) atoms. The Morgan fingerprint density at radius 1 is 1.31 bits per heavy atom. The first-order chi connectivity index (χ1) is 7.65. The summed E-state index contributed by atoms with van der Waals surface area (Å²) in [7, 11) is 0. The SMILES string of the molecule is CC#CCCNCc1cc(Br)c(O)c(Br)c1. The van der Waals surface area contributed by atoms with Gasteiger partial charge < -0.3 is 10.4 Å². The van der Waals surface area contributed by atoms with E-state index in [1.165, 1.54) is 0 Å². The highest BCUT2D eigenvalue weighted by Crippen LogP contribution is 2.33. The topological polar surface area (TPSA) is 32.3 Å². The molecule has 0 bridgehead atoms. The second-order valence-corrected chi connectivity index (χ2v) is 4.97. The summed E-state index contributed by atoms with van der Waals surface area (Å²) in [6.07, 6.45) is 0.858. The Bertz CT molecular complexity index is 398. The lowest BCUT2D eigenvalue weighted by Crippen LogP contribution is -2.14. The van der Waals surface area contributed by atoms with Gasteiger partial charge in [0.25, 0.3) is 0 Å². The maximum atomic E-state index is 9.54. The third-order valence-corrected chi connectivity index (χ3v) is 3.22. The van der Waals surface area contributed by atoms with Crippen molar-refractivity contribution in [1.29, 1.82) is 0 Å². The lowest BCUT2D eigenvalue weighted by molar-refractivity contribution is 0.468. The van der Waals surface area contributed by atoms with E-state index in [2.05, 4.69) is 49.0 Å². The van der Waals surface area contributed by atoms with Crippen LogP contribution in [-0.4, -0.2) is 11.7 Å². The molecule has 0 heterocycles. The quantitative estimate of drug-likeness (QED) is 0.646. The van der Waals surface area contributed by atoms with Crippen molar-refractivity contribution in [2.45, 2.75) is 19.9 Å². The Morgan fingerprint density at radius 2 is 1.94 bits per heavy atom. The van der Waals surface area contributed by atoms with E-state index in [0.29, 0.717) is 8.95 Å². The highest BCUT2D eigenvalue weighted by Gasteiger charge is 2.05. The summed E-state index contributed by atoms with van der Waals surface area (Å²) in [5.41, 5.74) is 1.11. The smallest absolute Gasteiger partial charge is 0.143 e. The minimum atomic E-state index is 0.237. The van der Waals surface area contributed by atoms with Crippen molar-refractivity contribution >= 4 is 31.9 Å². The van der Waals surface area contributed by atoms with Crippen LogP contribution in [0.4, 0.5) is 0 Å². The van der Waals surface area contributed by atoms with Crippen LogP contribution in [0.3, 0.4) is 0 Å². The summed E-state index contributed by atoms with van der Waals surface area (Å²) in [6.45, 7) is 3.48. The molecule has 86 valence electrons. The number of hydrogen-bond donors (Lipinski definition) is 2. The van der Waals surface area contributed by atoms with Crippen LogP contribution < -0.4 is 5.32 Å². The fraction of sp³-hybridized carbons (Fsp3) is 0.333. The Hall–Kier alpha value is -0.500. The lowest BCUT2D eigenvalue weighted by Gasteiger charge is -2.06. The van der Waals surface area contributed by atoms with Gasteiger partial charge in [-0.25, -0.2) is 0 Å². The van der Waals surface area contributed by atoms with Crippen LogP contribution in [0.1, 0.15) is 18.9 Å². The fourth-order valence-corrected chi connectivity index (χ4v) is 2.51. The van der Waals surface area contributed by atoms with Crippen molar-refractivity contribution < 1.29 is 5.11 Å². The summed E-state index contributed by atoms with van der Waals surface area (Å²) >= 11 is 6.60. The molecule has 0 aliphatic carbocycles. The number of phenolic OH excluding ortho intramolecular Hbond substituents is 1. The molecule has 1 rings (SSSR count). The first-order valence-corrected chi connectivity index (χ1v) is 6.51. The molecule has 0 aliphatic rings. The molecule has 0 spiro atoms. The van der Waals surface area contributed by atoms with Crippen molar-refractivity contribution in [3.8, 4) is 17.6 Å². The van der Waals surface area contributed by atoms with Crippen LogP contribution in [0.5, 0.6) is 5.75 Å². The van der Waals surface area contributed by atoms with Gasteiger partial charge in [-0.15, -0.1) is 11.8 Å². The highest BCUT2D eigenvalue weighted by molar-refractivity contribution is 9.11. The number of nitrogens with one attached hydrogen (secondary N) is 1. The van der Waals surface area contributed by atoms with Crippen LogP contribution >= 0.6 is 31.9 Å². The van der Waals surface area contributed by atoms with E-state index in [-0.39, 0.29) is 5.75 Å². The standard InChI is InChI=1S/C12H13Br2NO/c1-2-3-4-5-15-8-9-6-10(13)12(16)11(14)7-9/h6-7,15-16H,4-5,8H2,1H3. The molecule has 0 aromatic heterocycles. The van der Waals surface area contributed by atoms with Crippen LogP contribution in [0.2, 0.25) is 0 Å². The van der Waals surface area contributed by atoms with Gasteiger partial charge in [0.05, 0.1) is 8.95 Å². The summed E-state index contributed by atoms with van der Waals surface area (Å²) in [5.74, 6) is 6.09. The van der Waals surface area contributed by atoms with Gasteiger partial charge in [0, 0.05) is 19.5 Å². The minimum absolute atomic E-state index is 0.237. The molecule has 0 saturated heterocycles. The number of phenols is 1. The molecule has 0 unspecified atom stereocenters. The molecule has 1 aromatic rings. The maximum Gasteiger partial charge on any atom is 0.143 e. The Kier molecular flexibility index (Phi) is 5.89. The van der Waals surface area contributed by atoms with Gasteiger partial charge in [-0.05, 0) is 56.5 Å². The molecule has 0 saturated carbocycles. The van der Waals surface area contributed by atoms with Gasteiger partial charge >= 0.3 is 0 Å². The predicted octanol–water partition coefficient (Wildman–Crippen LogP) is 3.42. The van der Waals surface area contributed by atoms with Crippen molar-refractivity contribution in [2.75, 3.05) is 6.54 Å². The largest absolute Gasteiger partial charge is 0.506 e. The summed E-state index contributed by atoms with van der Waals surface area (Å²) in [4.78, 5) is 0. The van der Waals surface area contributed by atoms with E-state index in [9.17, 15) is 5.11 Å². The summed E-state index contributed by atoms with van der Waals surface area (Å²) < 4.78 is 1.40. The monoisotopic (exact) mass is 345 g/mol. The van der Waals surface area contributed by atoms with E-state index >= 15 is 0 Å². The van der Waals surface area contributed by atoms with Gasteiger partial charge in [0.2, 0.25) is 0 Å².